The zero-order valence-electron chi connectivity index (χ0n) is 7.36. The van der Waals surface area contributed by atoms with Gasteiger partial charge in [-0.2, -0.15) is 0 Å². The fourth-order valence-corrected chi connectivity index (χ4v) is 2.35. The highest BCUT2D eigenvalue weighted by atomic mass is 14.9. The molecular weight excluding hydrogens is 134 g/mol. The van der Waals surface area contributed by atoms with E-state index in [1.807, 2.05) is 0 Å². The van der Waals surface area contributed by atoms with Gasteiger partial charge in [0, 0.05) is 6.54 Å². The third kappa shape index (κ3) is 1.84. The maximum atomic E-state index is 3.46. The van der Waals surface area contributed by atoms with E-state index in [-0.39, 0.29) is 0 Å². The van der Waals surface area contributed by atoms with Crippen LogP contribution in [0.15, 0.2) is 13.2 Å². The lowest BCUT2D eigenvalue weighted by Gasteiger charge is -2.19. The minimum atomic E-state index is 0.778. The molecule has 0 amide bonds. The summed E-state index contributed by atoms with van der Waals surface area (Å²) in [6.07, 6.45) is 7.43. The van der Waals surface area contributed by atoms with E-state index in [2.05, 4.69) is 18.5 Å². The van der Waals surface area contributed by atoms with Gasteiger partial charge in [-0.3, -0.25) is 0 Å². The van der Waals surface area contributed by atoms with Gasteiger partial charge in [0.2, 0.25) is 0 Å². The van der Waals surface area contributed by atoms with E-state index in [0.717, 1.165) is 5.41 Å². The molecule has 2 aliphatic rings. The van der Waals surface area contributed by atoms with Crippen LogP contribution in [-0.4, -0.2) is 13.1 Å². The average Bonchev–Trinajstić information content (AvgIpc) is 2.69. The molecule has 1 spiro atoms. The Labute approximate surface area is 69.9 Å². The first-order valence-corrected chi connectivity index (χ1v) is 4.62. The normalized spacial score (nSPS) is 26.5. The fourth-order valence-electron chi connectivity index (χ4n) is 2.35. The van der Waals surface area contributed by atoms with Crippen molar-refractivity contribution in [2.24, 2.45) is 5.41 Å². The predicted molar refractivity (Wildman–Crippen MR) is 49.6 cm³/mol. The Morgan fingerprint density at radius 2 is 1.64 bits per heavy atom. The Morgan fingerprint density at radius 3 is 2.09 bits per heavy atom. The largest absolute Gasteiger partial charge is 0.316 e. The zero-order valence-corrected chi connectivity index (χ0v) is 7.36. The molecule has 11 heavy (non-hydrogen) atoms. The van der Waals surface area contributed by atoms with Crippen molar-refractivity contribution in [2.45, 2.75) is 32.1 Å². The predicted octanol–water partition coefficient (Wildman–Crippen LogP) is 2.34. The number of hydrogen-bond donors (Lipinski definition) is 1. The van der Waals surface area contributed by atoms with E-state index in [1.165, 1.54) is 45.2 Å². The summed E-state index contributed by atoms with van der Waals surface area (Å²) in [5.74, 6) is 0. The molecule has 2 fully saturated rings. The van der Waals surface area contributed by atoms with Crippen LogP contribution in [0.5, 0.6) is 0 Å². The van der Waals surface area contributed by atoms with Crippen molar-refractivity contribution in [2.75, 3.05) is 13.1 Å². The minimum absolute atomic E-state index is 0.778. The molecule has 0 unspecified atom stereocenters. The monoisotopic (exact) mass is 153 g/mol. The minimum Gasteiger partial charge on any atom is -0.316 e. The van der Waals surface area contributed by atoms with Crippen LogP contribution in [0, 0.1) is 5.41 Å². The van der Waals surface area contributed by atoms with Crippen molar-refractivity contribution < 1.29 is 0 Å². The average molecular weight is 153 g/mol. The van der Waals surface area contributed by atoms with Crippen molar-refractivity contribution in [3.05, 3.63) is 13.2 Å². The third-order valence-corrected chi connectivity index (χ3v) is 3.00. The van der Waals surface area contributed by atoms with Crippen LogP contribution in [0.2, 0.25) is 0 Å². The molecule has 0 aromatic heterocycles. The van der Waals surface area contributed by atoms with Crippen LogP contribution >= 0.6 is 0 Å². The molecule has 0 aromatic carbocycles. The summed E-state index contributed by atoms with van der Waals surface area (Å²) in [6, 6.07) is 0. The Balaban J connectivity index is 0.000000281. The van der Waals surface area contributed by atoms with Gasteiger partial charge in [0.15, 0.2) is 0 Å². The van der Waals surface area contributed by atoms with Crippen LogP contribution < -0.4 is 5.32 Å². The molecule has 0 aromatic rings. The summed E-state index contributed by atoms with van der Waals surface area (Å²) in [7, 11) is 0. The van der Waals surface area contributed by atoms with Gasteiger partial charge in [-0.15, -0.1) is 13.2 Å². The zero-order chi connectivity index (χ0) is 8.16. The van der Waals surface area contributed by atoms with Gasteiger partial charge >= 0.3 is 0 Å². The summed E-state index contributed by atoms with van der Waals surface area (Å²) in [6.45, 7) is 8.59. The molecule has 1 aliphatic carbocycles. The molecule has 1 aliphatic heterocycles. The Morgan fingerprint density at radius 1 is 1.00 bits per heavy atom. The molecule has 1 heteroatoms. The van der Waals surface area contributed by atoms with Crippen LogP contribution in [0.1, 0.15) is 32.1 Å². The lowest BCUT2D eigenvalue weighted by Crippen LogP contribution is -2.19. The fraction of sp³-hybridized carbons (Fsp3) is 0.800. The maximum Gasteiger partial charge on any atom is 0.000829 e. The van der Waals surface area contributed by atoms with E-state index in [9.17, 15) is 0 Å². The van der Waals surface area contributed by atoms with E-state index in [1.54, 1.807) is 0 Å². The molecule has 1 N–H and O–H groups in total. The van der Waals surface area contributed by atoms with Crippen LogP contribution in [-0.2, 0) is 0 Å². The SMILES string of the molecule is C1CCC2(C1)CCNC2.C=C. The van der Waals surface area contributed by atoms with Crippen LogP contribution in [0.3, 0.4) is 0 Å². The molecule has 1 nitrogen and oxygen atoms in total. The molecule has 1 heterocycles. The Bertz CT molecular complexity index is 90.5. The quantitative estimate of drug-likeness (QED) is 0.527. The number of hydrogen-bond acceptors (Lipinski definition) is 1. The number of nitrogens with one attached hydrogen (secondary N) is 1. The van der Waals surface area contributed by atoms with Gasteiger partial charge in [-0.1, -0.05) is 12.8 Å². The summed E-state index contributed by atoms with van der Waals surface area (Å²) >= 11 is 0. The molecule has 64 valence electrons. The molecular formula is C10H19N. The van der Waals surface area contributed by atoms with Crippen LogP contribution in [0.25, 0.3) is 0 Å². The smallest absolute Gasteiger partial charge is 0.000829 e. The Hall–Kier alpha value is -0.300. The topological polar surface area (TPSA) is 12.0 Å². The summed E-state index contributed by atoms with van der Waals surface area (Å²) in [5, 5.41) is 3.46. The van der Waals surface area contributed by atoms with Crippen molar-refractivity contribution in [1.29, 1.82) is 0 Å². The third-order valence-electron chi connectivity index (χ3n) is 3.00. The van der Waals surface area contributed by atoms with E-state index >= 15 is 0 Å². The molecule has 2 rings (SSSR count). The first kappa shape index (κ1) is 8.79. The highest BCUT2D eigenvalue weighted by Gasteiger charge is 2.35. The first-order chi connectivity index (χ1) is 5.41. The highest BCUT2D eigenvalue weighted by Crippen LogP contribution is 2.42. The lowest BCUT2D eigenvalue weighted by atomic mass is 9.86. The van der Waals surface area contributed by atoms with E-state index in [0.29, 0.717) is 0 Å². The second-order valence-electron chi connectivity index (χ2n) is 3.63. The second-order valence-corrected chi connectivity index (χ2v) is 3.63. The van der Waals surface area contributed by atoms with Gasteiger partial charge in [0.05, 0.1) is 0 Å². The Kier molecular flexibility index (Phi) is 3.13. The molecule has 0 atom stereocenters. The van der Waals surface area contributed by atoms with Gasteiger partial charge in [0.1, 0.15) is 0 Å². The molecule has 0 bridgehead atoms. The van der Waals surface area contributed by atoms with Gasteiger partial charge < -0.3 is 5.32 Å². The first-order valence-electron chi connectivity index (χ1n) is 4.62. The molecule has 1 saturated carbocycles. The van der Waals surface area contributed by atoms with Crippen LogP contribution in [0.4, 0.5) is 0 Å². The van der Waals surface area contributed by atoms with Gasteiger partial charge in [0.25, 0.3) is 0 Å². The lowest BCUT2D eigenvalue weighted by molar-refractivity contribution is 0.336. The van der Waals surface area contributed by atoms with Crippen molar-refractivity contribution >= 4 is 0 Å². The van der Waals surface area contributed by atoms with Gasteiger partial charge in [-0.25, -0.2) is 0 Å². The van der Waals surface area contributed by atoms with E-state index < -0.39 is 0 Å². The van der Waals surface area contributed by atoms with Crippen molar-refractivity contribution in [1.82, 2.24) is 5.32 Å². The van der Waals surface area contributed by atoms with Crippen molar-refractivity contribution in [3.8, 4) is 0 Å². The molecule has 1 saturated heterocycles. The van der Waals surface area contributed by atoms with E-state index in [4.69, 9.17) is 0 Å². The van der Waals surface area contributed by atoms with Crippen molar-refractivity contribution in [3.63, 3.8) is 0 Å². The summed E-state index contributed by atoms with van der Waals surface area (Å²) in [5.41, 5.74) is 0.778. The second kappa shape index (κ2) is 3.91. The summed E-state index contributed by atoms with van der Waals surface area (Å²) < 4.78 is 0. The van der Waals surface area contributed by atoms with Gasteiger partial charge in [-0.05, 0) is 31.2 Å². The molecule has 0 radical (unpaired) electrons. The maximum absolute atomic E-state index is 3.46. The number of rotatable bonds is 0. The highest BCUT2D eigenvalue weighted by molar-refractivity contribution is 4.91. The standard InChI is InChI=1S/C8H15N.C2H4/c1-2-4-8(3-1)5-6-9-7-8;1-2/h9H,1-7H2;1-2H2. The summed E-state index contributed by atoms with van der Waals surface area (Å²) in [4.78, 5) is 0.